The van der Waals surface area contributed by atoms with Crippen LogP contribution in [0.2, 0.25) is 0 Å². The Morgan fingerprint density at radius 1 is 1.19 bits per heavy atom. The summed E-state index contributed by atoms with van der Waals surface area (Å²) in [6, 6.07) is 0. The minimum atomic E-state index is -1.21. The molecule has 0 atom stereocenters. The summed E-state index contributed by atoms with van der Waals surface area (Å²) in [6.07, 6.45) is -0.125. The first-order valence-electron chi connectivity index (χ1n) is 4.32. The van der Waals surface area contributed by atoms with Crippen LogP contribution in [0.4, 0.5) is 0 Å². The lowest BCUT2D eigenvalue weighted by Gasteiger charge is -2.06. The van der Waals surface area contributed by atoms with Gasteiger partial charge in [-0.15, -0.1) is 0 Å². The number of carbonyl (C=O) groups is 3. The van der Waals surface area contributed by atoms with Crippen LogP contribution in [0.15, 0.2) is 24.0 Å². The fourth-order valence-electron chi connectivity index (χ4n) is 1.00. The molecule has 0 saturated heterocycles. The third-order valence-electron chi connectivity index (χ3n) is 1.76. The molecule has 0 aliphatic carbocycles. The van der Waals surface area contributed by atoms with Crippen LogP contribution in [0.1, 0.15) is 19.8 Å². The molecule has 0 radical (unpaired) electrons. The van der Waals surface area contributed by atoms with Gasteiger partial charge in [-0.05, 0) is 12.5 Å². The maximum atomic E-state index is 11.2. The molecule has 0 unspecified atom stereocenters. The smallest absolute Gasteiger partial charge is 0.338 e. The molecular weight excluding hydrogens is 216 g/mol. The number of carboxylic acid groups (broad SMARTS) is 2. The Hall–Kier alpha value is -2.11. The van der Waals surface area contributed by atoms with Gasteiger partial charge in [0.15, 0.2) is 0 Å². The fraction of sp³-hybridized carbons (Fsp3) is 0.300. The van der Waals surface area contributed by atoms with Gasteiger partial charge in [-0.1, -0.05) is 6.58 Å². The molecule has 0 saturated carbocycles. The van der Waals surface area contributed by atoms with E-state index in [-0.39, 0.29) is 11.1 Å². The quantitative estimate of drug-likeness (QED) is 0.398. The number of esters is 1. The summed E-state index contributed by atoms with van der Waals surface area (Å²) in [5.74, 6) is -3.21. The first kappa shape index (κ1) is 13.9. The Morgan fingerprint density at radius 2 is 1.62 bits per heavy atom. The molecule has 0 aliphatic heterocycles. The van der Waals surface area contributed by atoms with Crippen molar-refractivity contribution in [2.45, 2.75) is 19.8 Å². The average Bonchev–Trinajstić information content (AvgIpc) is 2.14. The molecule has 0 rings (SSSR count). The lowest BCUT2D eigenvalue weighted by Crippen LogP contribution is -2.10. The number of hydrogen-bond donors (Lipinski definition) is 2. The van der Waals surface area contributed by atoms with E-state index >= 15 is 0 Å². The van der Waals surface area contributed by atoms with Gasteiger partial charge in [0.1, 0.15) is 0 Å². The maximum Gasteiger partial charge on any atom is 0.338 e. The summed E-state index contributed by atoms with van der Waals surface area (Å²) in [4.78, 5) is 32.2. The van der Waals surface area contributed by atoms with E-state index in [0.717, 1.165) is 6.26 Å². The van der Waals surface area contributed by atoms with E-state index in [2.05, 4.69) is 11.3 Å². The number of carboxylic acids is 2. The molecule has 0 amide bonds. The van der Waals surface area contributed by atoms with Crippen LogP contribution in [0, 0.1) is 0 Å². The molecule has 0 fully saturated rings. The van der Waals surface area contributed by atoms with E-state index in [1.807, 2.05) is 0 Å². The van der Waals surface area contributed by atoms with Gasteiger partial charge in [0.2, 0.25) is 0 Å². The average molecular weight is 228 g/mol. The van der Waals surface area contributed by atoms with Crippen molar-refractivity contribution < 1.29 is 29.3 Å². The van der Waals surface area contributed by atoms with E-state index in [9.17, 15) is 14.4 Å². The molecule has 0 heterocycles. The minimum Gasteiger partial charge on any atom is -0.481 e. The number of carbonyl (C=O) groups excluding carboxylic acids is 1. The van der Waals surface area contributed by atoms with E-state index < -0.39 is 30.7 Å². The van der Waals surface area contributed by atoms with E-state index in [0.29, 0.717) is 0 Å². The van der Waals surface area contributed by atoms with Gasteiger partial charge in [0.25, 0.3) is 0 Å². The number of rotatable bonds is 6. The second-order valence-electron chi connectivity index (χ2n) is 2.94. The third-order valence-corrected chi connectivity index (χ3v) is 1.76. The molecule has 0 aromatic carbocycles. The third kappa shape index (κ3) is 4.94. The zero-order chi connectivity index (χ0) is 12.7. The topological polar surface area (TPSA) is 101 Å². The SMILES string of the molecule is C=COC(=O)C(C)=C(CC(=O)O)CC(=O)O. The Kier molecular flexibility index (Phi) is 5.55. The van der Waals surface area contributed by atoms with E-state index in [4.69, 9.17) is 10.2 Å². The summed E-state index contributed by atoms with van der Waals surface area (Å²) in [6.45, 7) is 4.48. The summed E-state index contributed by atoms with van der Waals surface area (Å²) in [5.41, 5.74) is -0.0171. The largest absolute Gasteiger partial charge is 0.481 e. The highest BCUT2D eigenvalue weighted by atomic mass is 16.5. The Balaban J connectivity index is 5.01. The lowest BCUT2D eigenvalue weighted by atomic mass is 10.0. The van der Waals surface area contributed by atoms with Crippen molar-refractivity contribution in [3.63, 3.8) is 0 Å². The van der Waals surface area contributed by atoms with Gasteiger partial charge < -0.3 is 14.9 Å². The molecule has 2 N–H and O–H groups in total. The molecule has 88 valence electrons. The highest BCUT2D eigenvalue weighted by Crippen LogP contribution is 2.15. The zero-order valence-electron chi connectivity index (χ0n) is 8.73. The highest BCUT2D eigenvalue weighted by molar-refractivity contribution is 5.91. The second kappa shape index (κ2) is 6.39. The maximum absolute atomic E-state index is 11.2. The Bertz CT molecular complexity index is 334. The predicted molar refractivity (Wildman–Crippen MR) is 53.5 cm³/mol. The number of aliphatic carboxylic acids is 2. The molecular formula is C10H12O6. The molecule has 0 aromatic rings. The minimum absolute atomic E-state index is 0.00634. The molecule has 6 nitrogen and oxygen atoms in total. The first-order chi connectivity index (χ1) is 7.38. The van der Waals surface area contributed by atoms with Crippen molar-refractivity contribution in [1.82, 2.24) is 0 Å². The summed E-state index contributed by atoms with van der Waals surface area (Å²) in [7, 11) is 0. The van der Waals surface area contributed by atoms with Crippen molar-refractivity contribution in [2.75, 3.05) is 0 Å². The Morgan fingerprint density at radius 3 is 1.94 bits per heavy atom. The van der Waals surface area contributed by atoms with Crippen LogP contribution < -0.4 is 0 Å². The lowest BCUT2D eigenvalue weighted by molar-refractivity contribution is -0.136. The van der Waals surface area contributed by atoms with E-state index in [1.165, 1.54) is 6.92 Å². The number of hydrogen-bond acceptors (Lipinski definition) is 4. The van der Waals surface area contributed by atoms with Crippen molar-refractivity contribution >= 4 is 17.9 Å². The molecule has 16 heavy (non-hydrogen) atoms. The number of ether oxygens (including phenoxy) is 1. The van der Waals surface area contributed by atoms with Gasteiger partial charge >= 0.3 is 17.9 Å². The zero-order valence-corrected chi connectivity index (χ0v) is 8.73. The molecule has 0 aromatic heterocycles. The van der Waals surface area contributed by atoms with Crippen LogP contribution in [0.25, 0.3) is 0 Å². The van der Waals surface area contributed by atoms with Crippen LogP contribution in [-0.4, -0.2) is 28.1 Å². The fourth-order valence-corrected chi connectivity index (χ4v) is 1.00. The molecule has 0 spiro atoms. The Labute approximate surface area is 91.8 Å². The van der Waals surface area contributed by atoms with Crippen LogP contribution >= 0.6 is 0 Å². The first-order valence-corrected chi connectivity index (χ1v) is 4.32. The van der Waals surface area contributed by atoms with Crippen molar-refractivity contribution in [1.29, 1.82) is 0 Å². The van der Waals surface area contributed by atoms with Gasteiger partial charge in [-0.25, -0.2) is 4.79 Å². The molecule has 0 bridgehead atoms. The van der Waals surface area contributed by atoms with Crippen molar-refractivity contribution in [2.24, 2.45) is 0 Å². The van der Waals surface area contributed by atoms with Crippen LogP contribution in [-0.2, 0) is 19.1 Å². The summed E-state index contributed by atoms with van der Waals surface area (Å²) < 4.78 is 4.43. The van der Waals surface area contributed by atoms with Gasteiger partial charge in [0.05, 0.1) is 19.1 Å². The predicted octanol–water partition coefficient (Wildman–Crippen LogP) is 0.939. The molecule has 0 aliphatic rings. The van der Waals surface area contributed by atoms with Gasteiger partial charge in [-0.3, -0.25) is 9.59 Å². The van der Waals surface area contributed by atoms with Crippen LogP contribution in [0.5, 0.6) is 0 Å². The van der Waals surface area contributed by atoms with Gasteiger partial charge in [0, 0.05) is 5.57 Å². The van der Waals surface area contributed by atoms with E-state index in [1.54, 1.807) is 0 Å². The molecule has 6 heteroatoms. The monoisotopic (exact) mass is 228 g/mol. The normalized spacial score (nSPS) is 9.06. The van der Waals surface area contributed by atoms with Crippen molar-refractivity contribution in [3.05, 3.63) is 24.0 Å². The summed E-state index contributed by atoms with van der Waals surface area (Å²) in [5, 5.41) is 17.1. The van der Waals surface area contributed by atoms with Crippen molar-refractivity contribution in [3.8, 4) is 0 Å². The van der Waals surface area contributed by atoms with Crippen LogP contribution in [0.3, 0.4) is 0 Å². The standard InChI is InChI=1S/C10H12O6/c1-3-16-10(15)6(2)7(4-8(11)12)5-9(13)14/h3H,1,4-5H2,2H3,(H,11,12)(H,13,14). The van der Waals surface area contributed by atoms with Gasteiger partial charge in [-0.2, -0.15) is 0 Å². The highest BCUT2D eigenvalue weighted by Gasteiger charge is 2.16. The second-order valence-corrected chi connectivity index (χ2v) is 2.94. The summed E-state index contributed by atoms with van der Waals surface area (Å²) >= 11 is 0.